The third-order valence-corrected chi connectivity index (χ3v) is 5.60. The number of rotatable bonds is 6. The highest BCUT2D eigenvalue weighted by Gasteiger charge is 2.17. The zero-order chi connectivity index (χ0) is 24.8. The molecule has 2 amide bonds. The number of hydrogen-bond acceptors (Lipinski definition) is 7. The molecule has 0 saturated carbocycles. The van der Waals surface area contributed by atoms with E-state index in [9.17, 15) is 19.8 Å². The van der Waals surface area contributed by atoms with Gasteiger partial charge in [-0.05, 0) is 56.3 Å². The average Bonchev–Trinajstić information content (AvgIpc) is 2.78. The summed E-state index contributed by atoms with van der Waals surface area (Å²) in [5.74, 6) is -1.14. The van der Waals surface area contributed by atoms with E-state index in [4.69, 9.17) is 0 Å². The molecule has 9 nitrogen and oxygen atoms in total. The molecule has 0 aliphatic heterocycles. The lowest BCUT2D eigenvalue weighted by atomic mass is 10.1. The summed E-state index contributed by atoms with van der Waals surface area (Å²) >= 11 is 6.60. The molecule has 0 spiro atoms. The van der Waals surface area contributed by atoms with Gasteiger partial charge in [-0.3, -0.25) is 14.6 Å². The molecule has 0 aliphatic carbocycles. The van der Waals surface area contributed by atoms with Crippen LogP contribution >= 0.6 is 31.9 Å². The maximum atomic E-state index is 12.6. The third-order valence-electron chi connectivity index (χ3n) is 4.61. The normalized spacial score (nSPS) is 11.2. The second-order valence-electron chi connectivity index (χ2n) is 7.06. The molecule has 0 aliphatic rings. The number of hydrogen-bond donors (Lipinski definition) is 4. The first-order valence-corrected chi connectivity index (χ1v) is 11.4. The summed E-state index contributed by atoms with van der Waals surface area (Å²) in [6, 6.07) is 11.0. The molecular weight excluding hydrogens is 570 g/mol. The number of phenolic OH excluding ortho intramolecular Hbond substituents is 2. The lowest BCUT2D eigenvalue weighted by Crippen LogP contribution is -2.23. The number of carbonyl (C=O) groups excluding carboxylic acids is 2. The van der Waals surface area contributed by atoms with Crippen LogP contribution in [-0.4, -0.2) is 39.4 Å². The zero-order valence-corrected chi connectivity index (χ0v) is 21.2. The molecule has 174 valence electrons. The molecule has 0 radical (unpaired) electrons. The number of amides is 2. The van der Waals surface area contributed by atoms with Gasteiger partial charge in [0, 0.05) is 20.1 Å². The van der Waals surface area contributed by atoms with Crippen LogP contribution in [0.25, 0.3) is 0 Å². The summed E-state index contributed by atoms with van der Waals surface area (Å²) in [6.07, 6.45) is 2.60. The van der Waals surface area contributed by atoms with Crippen molar-refractivity contribution in [2.24, 2.45) is 10.2 Å². The maximum absolute atomic E-state index is 12.6. The largest absolute Gasteiger partial charge is 0.507 e. The zero-order valence-electron chi connectivity index (χ0n) is 18.0. The maximum Gasteiger partial charge on any atom is 0.273 e. The highest BCUT2D eigenvalue weighted by molar-refractivity contribution is 9.10. The molecule has 2 aromatic carbocycles. The van der Waals surface area contributed by atoms with Crippen molar-refractivity contribution in [3.05, 3.63) is 85.1 Å². The Kier molecular flexibility index (Phi) is 8.13. The fourth-order valence-electron chi connectivity index (χ4n) is 2.88. The Morgan fingerprint density at radius 2 is 1.21 bits per heavy atom. The van der Waals surface area contributed by atoms with Gasteiger partial charge in [-0.2, -0.15) is 10.2 Å². The molecule has 0 saturated heterocycles. The van der Waals surface area contributed by atoms with Crippen molar-refractivity contribution < 1.29 is 19.8 Å². The molecule has 0 unspecified atom stereocenters. The number of halogens is 2. The van der Waals surface area contributed by atoms with Crippen molar-refractivity contribution in [3.63, 3.8) is 0 Å². The van der Waals surface area contributed by atoms with E-state index in [2.05, 4.69) is 57.9 Å². The summed E-state index contributed by atoms with van der Waals surface area (Å²) < 4.78 is 1.48. The van der Waals surface area contributed by atoms with Crippen LogP contribution in [0.1, 0.15) is 43.2 Å². The molecule has 0 fully saturated rings. The second-order valence-corrected chi connectivity index (χ2v) is 8.89. The van der Waals surface area contributed by atoms with Crippen LogP contribution in [0.2, 0.25) is 0 Å². The van der Waals surface area contributed by atoms with Crippen molar-refractivity contribution in [3.8, 4) is 11.5 Å². The average molecular weight is 589 g/mol. The summed E-state index contributed by atoms with van der Waals surface area (Å²) in [5.41, 5.74) is 6.67. The van der Waals surface area contributed by atoms with Gasteiger partial charge in [0.15, 0.2) is 0 Å². The number of benzene rings is 2. The lowest BCUT2D eigenvalue weighted by Gasteiger charge is -2.09. The molecule has 11 heteroatoms. The molecule has 1 aromatic heterocycles. The van der Waals surface area contributed by atoms with Crippen molar-refractivity contribution in [1.82, 2.24) is 15.8 Å². The van der Waals surface area contributed by atoms with E-state index in [0.29, 0.717) is 22.5 Å². The van der Waals surface area contributed by atoms with Crippen LogP contribution in [0.4, 0.5) is 0 Å². The van der Waals surface area contributed by atoms with Gasteiger partial charge in [0.05, 0.1) is 34.9 Å². The van der Waals surface area contributed by atoms with Crippen molar-refractivity contribution in [2.45, 2.75) is 13.8 Å². The van der Waals surface area contributed by atoms with Crippen LogP contribution < -0.4 is 10.9 Å². The Morgan fingerprint density at radius 3 is 1.62 bits per heavy atom. The van der Waals surface area contributed by atoms with Crippen LogP contribution in [0, 0.1) is 13.8 Å². The molecule has 3 aromatic rings. The first kappa shape index (κ1) is 25.1. The second kappa shape index (κ2) is 11.0. The Morgan fingerprint density at radius 1 is 0.794 bits per heavy atom. The Labute approximate surface area is 211 Å². The molecule has 0 atom stereocenters. The van der Waals surface area contributed by atoms with E-state index in [1.807, 2.05) is 0 Å². The van der Waals surface area contributed by atoms with Crippen molar-refractivity contribution in [1.29, 1.82) is 0 Å². The quantitative estimate of drug-likeness (QED) is 0.253. The summed E-state index contributed by atoms with van der Waals surface area (Å²) in [7, 11) is 0. The summed E-state index contributed by atoms with van der Waals surface area (Å²) in [6.45, 7) is 3.28. The fourth-order valence-corrected chi connectivity index (χ4v) is 3.64. The minimum Gasteiger partial charge on any atom is -0.507 e. The smallest absolute Gasteiger partial charge is 0.273 e. The number of aromatic hydroxyl groups is 2. The Balaban J connectivity index is 1.74. The van der Waals surface area contributed by atoms with Crippen LogP contribution in [0.3, 0.4) is 0 Å². The minimum atomic E-state index is -0.577. The SMILES string of the molecule is Cc1nc(C)c(C(=O)N/N=C/c2cc(Br)ccc2O)cc1C(=O)N/N=C/c1cc(Br)ccc1O. The number of aromatic nitrogens is 1. The van der Waals surface area contributed by atoms with Gasteiger partial charge < -0.3 is 10.2 Å². The first-order valence-electron chi connectivity index (χ1n) is 9.78. The topological polar surface area (TPSA) is 136 Å². The van der Waals surface area contributed by atoms with Gasteiger partial charge in [0.25, 0.3) is 11.8 Å². The predicted molar refractivity (Wildman–Crippen MR) is 135 cm³/mol. The van der Waals surface area contributed by atoms with Gasteiger partial charge >= 0.3 is 0 Å². The van der Waals surface area contributed by atoms with Gasteiger partial charge in [0.2, 0.25) is 0 Å². The first-order chi connectivity index (χ1) is 16.2. The molecule has 3 rings (SSSR count). The molecule has 4 N–H and O–H groups in total. The van der Waals surface area contributed by atoms with E-state index in [0.717, 1.165) is 8.95 Å². The molecule has 0 bridgehead atoms. The highest BCUT2D eigenvalue weighted by Crippen LogP contribution is 2.21. The van der Waals surface area contributed by atoms with E-state index in [1.165, 1.54) is 30.6 Å². The lowest BCUT2D eigenvalue weighted by molar-refractivity contribution is 0.0954. The van der Waals surface area contributed by atoms with Crippen molar-refractivity contribution >= 4 is 56.1 Å². The van der Waals surface area contributed by atoms with E-state index in [-0.39, 0.29) is 22.6 Å². The van der Waals surface area contributed by atoms with Gasteiger partial charge in [-0.1, -0.05) is 31.9 Å². The Bertz CT molecular complexity index is 1230. The number of carbonyl (C=O) groups is 2. The summed E-state index contributed by atoms with van der Waals surface area (Å²) in [4.78, 5) is 29.5. The Hall–Kier alpha value is -3.57. The van der Waals surface area contributed by atoms with Crippen LogP contribution in [0.5, 0.6) is 11.5 Å². The molecule has 34 heavy (non-hydrogen) atoms. The number of aryl methyl sites for hydroxylation is 2. The minimum absolute atomic E-state index is 0.00470. The van der Waals surface area contributed by atoms with Gasteiger partial charge in [-0.25, -0.2) is 10.9 Å². The van der Waals surface area contributed by atoms with Gasteiger partial charge in [-0.15, -0.1) is 0 Å². The predicted octanol–water partition coefficient (Wildman–Crippen LogP) is 4.16. The number of hydrazone groups is 2. The number of phenols is 2. The number of nitrogens with one attached hydrogen (secondary N) is 2. The van der Waals surface area contributed by atoms with E-state index >= 15 is 0 Å². The number of pyridine rings is 1. The fraction of sp³-hybridized carbons (Fsp3) is 0.0870. The van der Waals surface area contributed by atoms with Crippen LogP contribution in [0.15, 0.2) is 61.6 Å². The number of nitrogens with zero attached hydrogens (tertiary/aromatic N) is 3. The van der Waals surface area contributed by atoms with Gasteiger partial charge in [0.1, 0.15) is 11.5 Å². The molecular formula is C23H19Br2N5O4. The standard InChI is InChI=1S/C23H19Br2N5O4/c1-12-18(22(33)29-26-10-14-7-16(24)3-5-20(14)31)9-19(13(2)28-12)23(34)30-27-11-15-8-17(25)4-6-21(15)32/h3-11,31-32H,1-2H3,(H,29,33)(H,30,34)/b26-10+,27-11+. The van der Waals surface area contributed by atoms with E-state index < -0.39 is 11.8 Å². The monoisotopic (exact) mass is 587 g/mol. The molecule has 1 heterocycles. The van der Waals surface area contributed by atoms with E-state index in [1.54, 1.807) is 38.1 Å². The summed E-state index contributed by atoms with van der Waals surface area (Å²) in [5, 5.41) is 27.5. The highest BCUT2D eigenvalue weighted by atomic mass is 79.9. The van der Waals surface area contributed by atoms with Crippen molar-refractivity contribution in [2.75, 3.05) is 0 Å². The van der Waals surface area contributed by atoms with Crippen LogP contribution in [-0.2, 0) is 0 Å². The third kappa shape index (κ3) is 6.27.